The predicted molar refractivity (Wildman–Crippen MR) is 101 cm³/mol. The molecule has 0 aliphatic carbocycles. The lowest BCUT2D eigenvalue weighted by Crippen LogP contribution is -2.46. The molecule has 0 saturated carbocycles. The van der Waals surface area contributed by atoms with Crippen molar-refractivity contribution in [1.29, 1.82) is 0 Å². The Morgan fingerprint density at radius 3 is 2.32 bits per heavy atom. The number of halogens is 1. The molecule has 2 aromatic carbocycles. The van der Waals surface area contributed by atoms with Gasteiger partial charge in [-0.3, -0.25) is 4.90 Å². The van der Waals surface area contributed by atoms with E-state index in [1.807, 2.05) is 35.0 Å². The van der Waals surface area contributed by atoms with E-state index in [1.165, 1.54) is 5.56 Å². The van der Waals surface area contributed by atoms with Gasteiger partial charge >= 0.3 is 0 Å². The summed E-state index contributed by atoms with van der Waals surface area (Å²) >= 11 is 3.49. The van der Waals surface area contributed by atoms with E-state index < -0.39 is 0 Å². The first kappa shape index (κ1) is 16.2. The first-order valence-corrected chi connectivity index (χ1v) is 9.14. The molecule has 3 aromatic rings. The van der Waals surface area contributed by atoms with Crippen molar-refractivity contribution < 1.29 is 0 Å². The number of rotatable bonds is 4. The number of tetrazole rings is 1. The Balaban J connectivity index is 1.41. The van der Waals surface area contributed by atoms with Crippen LogP contribution < -0.4 is 4.90 Å². The summed E-state index contributed by atoms with van der Waals surface area (Å²) in [6.07, 6.45) is 0. The van der Waals surface area contributed by atoms with E-state index in [-0.39, 0.29) is 0 Å². The second-order valence-corrected chi connectivity index (χ2v) is 7.03. The van der Waals surface area contributed by atoms with Crippen LogP contribution in [0.1, 0.15) is 5.56 Å². The van der Waals surface area contributed by atoms with Crippen molar-refractivity contribution in [3.05, 3.63) is 64.6 Å². The highest BCUT2D eigenvalue weighted by molar-refractivity contribution is 9.10. The van der Waals surface area contributed by atoms with Crippen LogP contribution in [0.5, 0.6) is 0 Å². The summed E-state index contributed by atoms with van der Waals surface area (Å²) in [5.41, 5.74) is 2.32. The van der Waals surface area contributed by atoms with E-state index in [2.05, 4.69) is 65.5 Å². The van der Waals surface area contributed by atoms with Gasteiger partial charge < -0.3 is 4.90 Å². The van der Waals surface area contributed by atoms with Gasteiger partial charge in [-0.25, -0.2) is 0 Å². The first-order valence-electron chi connectivity index (χ1n) is 8.35. The van der Waals surface area contributed by atoms with Gasteiger partial charge in [-0.15, -0.1) is 0 Å². The number of hydrogen-bond donors (Lipinski definition) is 0. The summed E-state index contributed by atoms with van der Waals surface area (Å²) in [7, 11) is 0. The molecule has 0 bridgehead atoms. The fourth-order valence-corrected chi connectivity index (χ4v) is 3.33. The number of piperazine rings is 1. The fourth-order valence-electron chi connectivity index (χ4n) is 3.07. The van der Waals surface area contributed by atoms with E-state index in [0.29, 0.717) is 0 Å². The Kier molecular flexibility index (Phi) is 4.76. The molecule has 1 saturated heterocycles. The molecule has 1 aliphatic rings. The van der Waals surface area contributed by atoms with E-state index >= 15 is 0 Å². The SMILES string of the molecule is Brc1ccc(CN2CCN(c3nnnn3-c3ccccc3)CC2)cc1. The Bertz CT molecular complexity index is 809. The quantitative estimate of drug-likeness (QED) is 0.676. The highest BCUT2D eigenvalue weighted by atomic mass is 79.9. The summed E-state index contributed by atoms with van der Waals surface area (Å²) in [6, 6.07) is 18.6. The third kappa shape index (κ3) is 3.72. The molecule has 25 heavy (non-hydrogen) atoms. The summed E-state index contributed by atoms with van der Waals surface area (Å²) < 4.78 is 2.93. The van der Waals surface area contributed by atoms with Crippen LogP contribution in [0.3, 0.4) is 0 Å². The molecular weight excluding hydrogens is 380 g/mol. The molecule has 1 aliphatic heterocycles. The lowest BCUT2D eigenvalue weighted by molar-refractivity contribution is 0.248. The van der Waals surface area contributed by atoms with Crippen LogP contribution in [-0.2, 0) is 6.54 Å². The molecule has 0 atom stereocenters. The molecule has 128 valence electrons. The third-order valence-corrected chi connectivity index (χ3v) is 4.96. The minimum Gasteiger partial charge on any atom is -0.337 e. The van der Waals surface area contributed by atoms with Gasteiger partial charge in [0.1, 0.15) is 0 Å². The molecule has 0 radical (unpaired) electrons. The van der Waals surface area contributed by atoms with Gasteiger partial charge in [0.25, 0.3) is 0 Å². The van der Waals surface area contributed by atoms with E-state index in [1.54, 1.807) is 0 Å². The average Bonchev–Trinajstić information content (AvgIpc) is 3.15. The van der Waals surface area contributed by atoms with Crippen molar-refractivity contribution in [2.75, 3.05) is 31.1 Å². The topological polar surface area (TPSA) is 50.1 Å². The van der Waals surface area contributed by atoms with Gasteiger partial charge in [0, 0.05) is 37.2 Å². The summed E-state index contributed by atoms with van der Waals surface area (Å²) in [4.78, 5) is 4.72. The molecule has 1 aromatic heterocycles. The molecule has 6 nitrogen and oxygen atoms in total. The number of para-hydroxylation sites is 1. The van der Waals surface area contributed by atoms with Gasteiger partial charge in [-0.2, -0.15) is 4.68 Å². The number of hydrogen-bond acceptors (Lipinski definition) is 5. The van der Waals surface area contributed by atoms with Crippen molar-refractivity contribution in [2.45, 2.75) is 6.54 Å². The van der Waals surface area contributed by atoms with Gasteiger partial charge in [-0.05, 0) is 40.3 Å². The van der Waals surface area contributed by atoms with Crippen LogP contribution >= 0.6 is 15.9 Å². The minimum atomic E-state index is 0.814. The van der Waals surface area contributed by atoms with Crippen LogP contribution in [-0.4, -0.2) is 51.3 Å². The summed E-state index contributed by atoms with van der Waals surface area (Å²) in [6.45, 7) is 4.81. The van der Waals surface area contributed by atoms with Crippen molar-refractivity contribution in [3.63, 3.8) is 0 Å². The Labute approximate surface area is 155 Å². The fraction of sp³-hybridized carbons (Fsp3) is 0.278. The highest BCUT2D eigenvalue weighted by Gasteiger charge is 2.22. The van der Waals surface area contributed by atoms with Crippen molar-refractivity contribution in [2.24, 2.45) is 0 Å². The zero-order chi connectivity index (χ0) is 17.1. The van der Waals surface area contributed by atoms with Crippen LogP contribution in [0.4, 0.5) is 5.95 Å². The van der Waals surface area contributed by atoms with Gasteiger partial charge in [0.15, 0.2) is 0 Å². The summed E-state index contributed by atoms with van der Waals surface area (Å²) in [5, 5.41) is 12.3. The summed E-state index contributed by atoms with van der Waals surface area (Å²) in [5.74, 6) is 0.814. The van der Waals surface area contributed by atoms with Crippen LogP contribution in [0.15, 0.2) is 59.1 Å². The lowest BCUT2D eigenvalue weighted by atomic mass is 10.2. The number of nitrogens with zero attached hydrogens (tertiary/aromatic N) is 6. The van der Waals surface area contributed by atoms with E-state index in [0.717, 1.165) is 48.8 Å². The Morgan fingerprint density at radius 1 is 0.880 bits per heavy atom. The van der Waals surface area contributed by atoms with Gasteiger partial charge in [0.05, 0.1) is 5.69 Å². The third-order valence-electron chi connectivity index (χ3n) is 4.43. The molecular formula is C18H19BrN6. The van der Waals surface area contributed by atoms with E-state index in [4.69, 9.17) is 0 Å². The molecule has 0 spiro atoms. The standard InChI is InChI=1S/C18H19BrN6/c19-16-8-6-15(7-9-16)14-23-10-12-24(13-11-23)18-20-21-22-25(18)17-4-2-1-3-5-17/h1-9H,10-14H2. The second kappa shape index (κ2) is 7.33. The molecule has 0 unspecified atom stereocenters. The monoisotopic (exact) mass is 398 g/mol. The normalized spacial score (nSPS) is 15.5. The average molecular weight is 399 g/mol. The zero-order valence-corrected chi connectivity index (χ0v) is 15.4. The molecule has 4 rings (SSSR count). The number of benzene rings is 2. The minimum absolute atomic E-state index is 0.814. The maximum atomic E-state index is 4.24. The van der Waals surface area contributed by atoms with Crippen LogP contribution in [0, 0.1) is 0 Å². The van der Waals surface area contributed by atoms with Crippen molar-refractivity contribution >= 4 is 21.9 Å². The van der Waals surface area contributed by atoms with Gasteiger partial charge in [0.2, 0.25) is 5.95 Å². The highest BCUT2D eigenvalue weighted by Crippen LogP contribution is 2.18. The molecule has 7 heteroatoms. The first-order chi connectivity index (χ1) is 12.3. The lowest BCUT2D eigenvalue weighted by Gasteiger charge is -2.34. The second-order valence-electron chi connectivity index (χ2n) is 6.12. The smallest absolute Gasteiger partial charge is 0.250 e. The van der Waals surface area contributed by atoms with Crippen molar-refractivity contribution in [3.8, 4) is 5.69 Å². The Hall–Kier alpha value is -2.25. The van der Waals surface area contributed by atoms with Crippen LogP contribution in [0.25, 0.3) is 5.69 Å². The van der Waals surface area contributed by atoms with Crippen molar-refractivity contribution in [1.82, 2.24) is 25.1 Å². The van der Waals surface area contributed by atoms with Crippen LogP contribution in [0.2, 0.25) is 0 Å². The number of anilines is 1. The van der Waals surface area contributed by atoms with E-state index in [9.17, 15) is 0 Å². The number of aromatic nitrogens is 4. The predicted octanol–water partition coefficient (Wildman–Crippen LogP) is 2.75. The Morgan fingerprint density at radius 2 is 1.60 bits per heavy atom. The van der Waals surface area contributed by atoms with Gasteiger partial charge in [-0.1, -0.05) is 51.4 Å². The molecule has 0 N–H and O–H groups in total. The largest absolute Gasteiger partial charge is 0.337 e. The molecule has 0 amide bonds. The molecule has 2 heterocycles. The zero-order valence-electron chi connectivity index (χ0n) is 13.8. The molecule has 1 fully saturated rings. The maximum absolute atomic E-state index is 4.24. The maximum Gasteiger partial charge on any atom is 0.250 e.